The summed E-state index contributed by atoms with van der Waals surface area (Å²) < 4.78 is 0. The van der Waals surface area contributed by atoms with Crippen molar-refractivity contribution in [3.63, 3.8) is 0 Å². The van der Waals surface area contributed by atoms with Gasteiger partial charge in [-0.25, -0.2) is 0 Å². The molecular formula is C13H27NO. The molecule has 2 nitrogen and oxygen atoms in total. The van der Waals surface area contributed by atoms with Crippen LogP contribution in [-0.4, -0.2) is 35.2 Å². The van der Waals surface area contributed by atoms with Crippen LogP contribution in [0.4, 0.5) is 0 Å². The maximum absolute atomic E-state index is 10.0. The third-order valence-corrected chi connectivity index (χ3v) is 3.64. The Morgan fingerprint density at radius 1 is 1.27 bits per heavy atom. The van der Waals surface area contributed by atoms with Gasteiger partial charge in [0.1, 0.15) is 0 Å². The summed E-state index contributed by atoms with van der Waals surface area (Å²) in [4.78, 5) is 2.44. The van der Waals surface area contributed by atoms with Crippen LogP contribution in [0.1, 0.15) is 47.0 Å². The lowest BCUT2D eigenvalue weighted by molar-refractivity contribution is 0.0545. The van der Waals surface area contributed by atoms with E-state index in [1.165, 1.54) is 19.4 Å². The van der Waals surface area contributed by atoms with Gasteiger partial charge in [0.15, 0.2) is 0 Å². The van der Waals surface area contributed by atoms with E-state index in [4.69, 9.17) is 0 Å². The summed E-state index contributed by atoms with van der Waals surface area (Å²) in [7, 11) is 0. The number of aliphatic hydroxyl groups excluding tert-OH is 1. The molecule has 1 saturated carbocycles. The zero-order valence-electron chi connectivity index (χ0n) is 10.7. The first-order valence-corrected chi connectivity index (χ1v) is 6.46. The fourth-order valence-electron chi connectivity index (χ4n) is 1.82. The second-order valence-corrected chi connectivity index (χ2v) is 5.44. The van der Waals surface area contributed by atoms with Crippen LogP contribution in [-0.2, 0) is 0 Å². The molecule has 15 heavy (non-hydrogen) atoms. The Labute approximate surface area is 94.7 Å². The largest absolute Gasteiger partial charge is 0.392 e. The Kier molecular flexibility index (Phi) is 5.07. The summed E-state index contributed by atoms with van der Waals surface area (Å²) >= 11 is 0. The molecule has 0 aromatic heterocycles. The highest BCUT2D eigenvalue weighted by molar-refractivity contribution is 4.80. The van der Waals surface area contributed by atoms with E-state index < -0.39 is 0 Å². The third kappa shape index (κ3) is 4.52. The maximum atomic E-state index is 10.0. The van der Waals surface area contributed by atoms with Gasteiger partial charge in [0.05, 0.1) is 6.10 Å². The Bertz CT molecular complexity index is 177. The summed E-state index contributed by atoms with van der Waals surface area (Å²) in [6.45, 7) is 10.8. The standard InChI is InChI=1S/C13H27NO/c1-5-11(4)13(15)9-14(10(2)3)8-12-6-7-12/h10-13,15H,5-9H2,1-4H3. The quantitative estimate of drug-likeness (QED) is 0.702. The van der Waals surface area contributed by atoms with Crippen LogP contribution in [0.15, 0.2) is 0 Å². The van der Waals surface area contributed by atoms with Crippen molar-refractivity contribution >= 4 is 0 Å². The number of rotatable bonds is 7. The first-order valence-electron chi connectivity index (χ1n) is 6.46. The molecule has 1 aliphatic rings. The number of hydrogen-bond acceptors (Lipinski definition) is 2. The lowest BCUT2D eigenvalue weighted by Gasteiger charge is -2.30. The van der Waals surface area contributed by atoms with Crippen molar-refractivity contribution in [1.82, 2.24) is 4.90 Å². The maximum Gasteiger partial charge on any atom is 0.0692 e. The van der Waals surface area contributed by atoms with Gasteiger partial charge in [-0.15, -0.1) is 0 Å². The minimum atomic E-state index is -0.156. The molecule has 0 aromatic carbocycles. The predicted octanol–water partition coefficient (Wildman–Crippen LogP) is 2.51. The van der Waals surface area contributed by atoms with Gasteiger partial charge in [0.25, 0.3) is 0 Å². The molecule has 1 N–H and O–H groups in total. The van der Waals surface area contributed by atoms with Crippen molar-refractivity contribution in [2.24, 2.45) is 11.8 Å². The smallest absolute Gasteiger partial charge is 0.0692 e. The normalized spacial score (nSPS) is 21.0. The van der Waals surface area contributed by atoms with E-state index in [9.17, 15) is 5.11 Å². The molecule has 2 atom stereocenters. The van der Waals surface area contributed by atoms with Crippen LogP contribution in [0.2, 0.25) is 0 Å². The highest BCUT2D eigenvalue weighted by Gasteiger charge is 2.27. The van der Waals surface area contributed by atoms with E-state index in [0.29, 0.717) is 12.0 Å². The molecule has 90 valence electrons. The van der Waals surface area contributed by atoms with E-state index in [1.54, 1.807) is 0 Å². The summed E-state index contributed by atoms with van der Waals surface area (Å²) in [5.41, 5.74) is 0. The van der Waals surface area contributed by atoms with Crippen molar-refractivity contribution in [2.75, 3.05) is 13.1 Å². The van der Waals surface area contributed by atoms with Crippen LogP contribution in [0.25, 0.3) is 0 Å². The van der Waals surface area contributed by atoms with Gasteiger partial charge in [0.2, 0.25) is 0 Å². The Morgan fingerprint density at radius 2 is 1.87 bits per heavy atom. The lowest BCUT2D eigenvalue weighted by atomic mass is 10.0. The van der Waals surface area contributed by atoms with Crippen molar-refractivity contribution in [3.8, 4) is 0 Å². The number of nitrogens with zero attached hydrogens (tertiary/aromatic N) is 1. The molecule has 0 aromatic rings. The molecule has 0 saturated heterocycles. The molecule has 1 aliphatic carbocycles. The zero-order valence-corrected chi connectivity index (χ0v) is 10.7. The van der Waals surface area contributed by atoms with Crippen LogP contribution in [0, 0.1) is 11.8 Å². The summed E-state index contributed by atoms with van der Waals surface area (Å²) in [5.74, 6) is 1.34. The van der Waals surface area contributed by atoms with Crippen molar-refractivity contribution < 1.29 is 5.11 Å². The van der Waals surface area contributed by atoms with E-state index >= 15 is 0 Å². The molecule has 2 heteroatoms. The molecule has 0 heterocycles. The summed E-state index contributed by atoms with van der Waals surface area (Å²) in [5, 5.41) is 10.0. The topological polar surface area (TPSA) is 23.5 Å². The Morgan fingerprint density at radius 3 is 2.27 bits per heavy atom. The third-order valence-electron chi connectivity index (χ3n) is 3.64. The first kappa shape index (κ1) is 13.0. The Hall–Kier alpha value is -0.0800. The number of aliphatic hydroxyl groups is 1. The van der Waals surface area contributed by atoms with Gasteiger partial charge in [-0.05, 0) is 38.5 Å². The van der Waals surface area contributed by atoms with Gasteiger partial charge in [-0.3, -0.25) is 4.90 Å². The number of hydrogen-bond donors (Lipinski definition) is 1. The molecule has 1 rings (SSSR count). The molecule has 2 unspecified atom stereocenters. The lowest BCUT2D eigenvalue weighted by Crippen LogP contribution is -2.41. The van der Waals surface area contributed by atoms with Crippen molar-refractivity contribution in [3.05, 3.63) is 0 Å². The second kappa shape index (κ2) is 5.86. The van der Waals surface area contributed by atoms with Crippen molar-refractivity contribution in [2.45, 2.75) is 59.1 Å². The SMILES string of the molecule is CCC(C)C(O)CN(CC1CC1)C(C)C. The van der Waals surface area contributed by atoms with Gasteiger partial charge in [-0.2, -0.15) is 0 Å². The molecule has 1 fully saturated rings. The molecule has 0 aliphatic heterocycles. The zero-order chi connectivity index (χ0) is 11.4. The van der Waals surface area contributed by atoms with E-state index in [0.717, 1.165) is 18.9 Å². The Balaban J connectivity index is 2.34. The van der Waals surface area contributed by atoms with Crippen LogP contribution < -0.4 is 0 Å². The van der Waals surface area contributed by atoms with E-state index in [2.05, 4.69) is 32.6 Å². The predicted molar refractivity (Wildman–Crippen MR) is 64.9 cm³/mol. The van der Waals surface area contributed by atoms with Crippen LogP contribution in [0.5, 0.6) is 0 Å². The van der Waals surface area contributed by atoms with E-state index in [1.807, 2.05) is 0 Å². The molecule has 0 amide bonds. The monoisotopic (exact) mass is 213 g/mol. The first-order chi connectivity index (χ1) is 7.04. The highest BCUT2D eigenvalue weighted by Crippen LogP contribution is 2.30. The summed E-state index contributed by atoms with van der Waals surface area (Å²) in [6.07, 6.45) is 3.69. The van der Waals surface area contributed by atoms with Crippen LogP contribution >= 0.6 is 0 Å². The molecule has 0 bridgehead atoms. The highest BCUT2D eigenvalue weighted by atomic mass is 16.3. The summed E-state index contributed by atoms with van der Waals surface area (Å²) in [6, 6.07) is 0.560. The molecule has 0 radical (unpaired) electrons. The fourth-order valence-corrected chi connectivity index (χ4v) is 1.82. The second-order valence-electron chi connectivity index (χ2n) is 5.44. The average Bonchev–Trinajstić information content (AvgIpc) is 2.99. The van der Waals surface area contributed by atoms with Gasteiger partial charge >= 0.3 is 0 Å². The minimum Gasteiger partial charge on any atom is -0.392 e. The molecule has 0 spiro atoms. The molecular weight excluding hydrogens is 186 g/mol. The fraction of sp³-hybridized carbons (Fsp3) is 1.00. The van der Waals surface area contributed by atoms with Crippen LogP contribution in [0.3, 0.4) is 0 Å². The van der Waals surface area contributed by atoms with Gasteiger partial charge in [-0.1, -0.05) is 20.3 Å². The van der Waals surface area contributed by atoms with E-state index in [-0.39, 0.29) is 6.10 Å². The minimum absolute atomic E-state index is 0.156. The van der Waals surface area contributed by atoms with Crippen molar-refractivity contribution in [1.29, 1.82) is 0 Å². The van der Waals surface area contributed by atoms with Gasteiger partial charge < -0.3 is 5.11 Å². The van der Waals surface area contributed by atoms with Gasteiger partial charge in [0, 0.05) is 19.1 Å². The average molecular weight is 213 g/mol.